The molecule has 2 aromatic heterocycles. The molecule has 0 radical (unpaired) electrons. The van der Waals surface area contributed by atoms with Crippen LogP contribution in [-0.4, -0.2) is 40.2 Å². The second-order valence-electron chi connectivity index (χ2n) is 8.41. The molecule has 0 aliphatic carbocycles. The van der Waals surface area contributed by atoms with Gasteiger partial charge in [-0.2, -0.15) is 0 Å². The number of hydrogen-bond acceptors (Lipinski definition) is 4. The van der Waals surface area contributed by atoms with E-state index in [1.54, 1.807) is 0 Å². The molecule has 5 heteroatoms. The van der Waals surface area contributed by atoms with Crippen LogP contribution in [0.4, 0.5) is 0 Å². The van der Waals surface area contributed by atoms with Gasteiger partial charge in [-0.15, -0.1) is 0 Å². The Labute approximate surface area is 186 Å². The highest BCUT2D eigenvalue weighted by atomic mass is 16.5. The van der Waals surface area contributed by atoms with Gasteiger partial charge in [0, 0.05) is 55.5 Å². The van der Waals surface area contributed by atoms with E-state index in [0.717, 1.165) is 37.6 Å². The summed E-state index contributed by atoms with van der Waals surface area (Å²) in [4.78, 5) is 6.97. The summed E-state index contributed by atoms with van der Waals surface area (Å²) in [6.45, 7) is 11.2. The lowest BCUT2D eigenvalue weighted by molar-refractivity contribution is 0.188. The number of benzene rings is 1. The number of aromatic nitrogens is 2. The van der Waals surface area contributed by atoms with Gasteiger partial charge in [-0.3, -0.25) is 9.88 Å². The van der Waals surface area contributed by atoms with Crippen molar-refractivity contribution >= 4 is 0 Å². The monoisotopic (exact) mass is 418 g/mol. The Balaban J connectivity index is 1.32. The fraction of sp³-hybridized carbons (Fsp3) is 0.423. The lowest BCUT2D eigenvalue weighted by Crippen LogP contribution is -2.42. The molecule has 1 N–H and O–H groups in total. The number of hydrogen-bond donors (Lipinski definition) is 1. The van der Waals surface area contributed by atoms with Crippen LogP contribution in [0.3, 0.4) is 0 Å². The molecule has 0 unspecified atom stereocenters. The molecule has 1 saturated heterocycles. The maximum Gasteiger partial charge on any atom is 0.119 e. The van der Waals surface area contributed by atoms with E-state index in [4.69, 9.17) is 4.74 Å². The van der Waals surface area contributed by atoms with Crippen molar-refractivity contribution < 1.29 is 4.74 Å². The molecular weight excluding hydrogens is 384 g/mol. The van der Waals surface area contributed by atoms with Crippen LogP contribution in [0.1, 0.15) is 42.4 Å². The molecule has 1 aliphatic heterocycles. The highest BCUT2D eigenvalue weighted by molar-refractivity contribution is 5.43. The predicted molar refractivity (Wildman–Crippen MR) is 126 cm³/mol. The molecule has 5 nitrogen and oxygen atoms in total. The van der Waals surface area contributed by atoms with Gasteiger partial charge in [0.2, 0.25) is 0 Å². The number of nitrogens with zero attached hydrogens (tertiary/aromatic N) is 3. The highest BCUT2D eigenvalue weighted by Gasteiger charge is 2.20. The number of piperidine rings is 1. The average molecular weight is 419 g/mol. The van der Waals surface area contributed by atoms with Gasteiger partial charge in [-0.25, -0.2) is 0 Å². The quantitative estimate of drug-likeness (QED) is 0.579. The van der Waals surface area contributed by atoms with Crippen LogP contribution in [0, 0.1) is 13.8 Å². The summed E-state index contributed by atoms with van der Waals surface area (Å²) in [5, 5.41) is 3.81. The first kappa shape index (κ1) is 21.6. The van der Waals surface area contributed by atoms with Crippen molar-refractivity contribution in [1.82, 2.24) is 19.8 Å². The van der Waals surface area contributed by atoms with Crippen LogP contribution in [0.25, 0.3) is 5.69 Å². The molecule has 1 aromatic carbocycles. The molecule has 0 bridgehead atoms. The number of pyridine rings is 1. The number of nitrogens with one attached hydrogen (secondary N) is 1. The zero-order chi connectivity index (χ0) is 21.6. The Morgan fingerprint density at radius 2 is 1.84 bits per heavy atom. The van der Waals surface area contributed by atoms with Gasteiger partial charge in [0.25, 0.3) is 0 Å². The van der Waals surface area contributed by atoms with E-state index in [2.05, 4.69) is 63.9 Å². The van der Waals surface area contributed by atoms with E-state index in [9.17, 15) is 0 Å². The van der Waals surface area contributed by atoms with Gasteiger partial charge in [0.15, 0.2) is 0 Å². The minimum atomic E-state index is 0.577. The Kier molecular flexibility index (Phi) is 7.05. The van der Waals surface area contributed by atoms with Crippen LogP contribution in [-0.2, 0) is 13.1 Å². The summed E-state index contributed by atoms with van der Waals surface area (Å²) in [6.07, 6.45) is 4.25. The van der Waals surface area contributed by atoms with Crippen molar-refractivity contribution in [3.05, 3.63) is 77.4 Å². The fourth-order valence-corrected chi connectivity index (χ4v) is 4.53. The van der Waals surface area contributed by atoms with Gasteiger partial charge in [0.1, 0.15) is 5.75 Å². The third-order valence-electron chi connectivity index (χ3n) is 6.22. The summed E-state index contributed by atoms with van der Waals surface area (Å²) in [5.41, 5.74) is 6.30. The van der Waals surface area contributed by atoms with Crippen LogP contribution < -0.4 is 10.1 Å². The van der Waals surface area contributed by atoms with Crippen molar-refractivity contribution in [2.75, 3.05) is 19.7 Å². The van der Waals surface area contributed by atoms with Crippen LogP contribution in [0.15, 0.2) is 54.7 Å². The Bertz CT molecular complexity index is 957. The minimum absolute atomic E-state index is 0.577. The van der Waals surface area contributed by atoms with Gasteiger partial charge < -0.3 is 14.6 Å². The highest BCUT2D eigenvalue weighted by Crippen LogP contribution is 2.23. The summed E-state index contributed by atoms with van der Waals surface area (Å²) < 4.78 is 7.92. The van der Waals surface area contributed by atoms with Gasteiger partial charge >= 0.3 is 0 Å². The molecule has 0 atom stereocenters. The molecule has 1 aliphatic rings. The fourth-order valence-electron chi connectivity index (χ4n) is 4.53. The Hall–Kier alpha value is -2.63. The average Bonchev–Trinajstić information content (AvgIpc) is 3.08. The van der Waals surface area contributed by atoms with Crippen molar-refractivity contribution in [2.45, 2.75) is 52.7 Å². The van der Waals surface area contributed by atoms with Crippen molar-refractivity contribution in [1.29, 1.82) is 0 Å². The molecule has 4 rings (SSSR count). The molecule has 1 fully saturated rings. The predicted octanol–water partition coefficient (Wildman–Crippen LogP) is 4.64. The molecule has 0 amide bonds. The largest absolute Gasteiger partial charge is 0.494 e. The number of rotatable bonds is 8. The molecule has 0 spiro atoms. The number of likely N-dealkylation sites (tertiary alicyclic amines) is 1. The third kappa shape index (κ3) is 5.35. The molecule has 3 aromatic rings. The summed E-state index contributed by atoms with van der Waals surface area (Å²) in [5.74, 6) is 0.921. The van der Waals surface area contributed by atoms with Gasteiger partial charge in [-0.05, 0) is 81.6 Å². The van der Waals surface area contributed by atoms with Crippen molar-refractivity contribution in [3.63, 3.8) is 0 Å². The van der Waals surface area contributed by atoms with E-state index < -0.39 is 0 Å². The lowest BCUT2D eigenvalue weighted by Gasteiger charge is -2.32. The van der Waals surface area contributed by atoms with Crippen LogP contribution in [0.2, 0.25) is 0 Å². The smallest absolute Gasteiger partial charge is 0.119 e. The summed E-state index contributed by atoms with van der Waals surface area (Å²) >= 11 is 0. The first-order valence-corrected chi connectivity index (χ1v) is 11.4. The van der Waals surface area contributed by atoms with E-state index in [1.165, 1.54) is 35.5 Å². The molecule has 3 heterocycles. The molecule has 164 valence electrons. The Morgan fingerprint density at radius 3 is 2.52 bits per heavy atom. The van der Waals surface area contributed by atoms with E-state index in [1.807, 2.05) is 31.3 Å². The van der Waals surface area contributed by atoms with E-state index in [0.29, 0.717) is 12.6 Å². The molecule has 31 heavy (non-hydrogen) atoms. The van der Waals surface area contributed by atoms with E-state index in [-0.39, 0.29) is 0 Å². The number of aryl methyl sites for hydroxylation is 1. The minimum Gasteiger partial charge on any atom is -0.494 e. The zero-order valence-corrected chi connectivity index (χ0v) is 19.0. The van der Waals surface area contributed by atoms with Crippen molar-refractivity contribution in [3.8, 4) is 11.4 Å². The van der Waals surface area contributed by atoms with Gasteiger partial charge in [0.05, 0.1) is 12.3 Å². The second kappa shape index (κ2) is 10.1. The Morgan fingerprint density at radius 1 is 1.06 bits per heavy atom. The second-order valence-corrected chi connectivity index (χ2v) is 8.41. The van der Waals surface area contributed by atoms with Crippen molar-refractivity contribution in [2.24, 2.45) is 0 Å². The lowest BCUT2D eigenvalue weighted by atomic mass is 10.0. The maximum absolute atomic E-state index is 5.58. The maximum atomic E-state index is 5.58. The third-order valence-corrected chi connectivity index (χ3v) is 6.22. The van der Waals surface area contributed by atoms with E-state index >= 15 is 0 Å². The first-order valence-electron chi connectivity index (χ1n) is 11.4. The van der Waals surface area contributed by atoms with Gasteiger partial charge in [-0.1, -0.05) is 6.07 Å². The standard InChI is InChI=1S/C26H34N4O/c1-4-31-26-10-8-25(9-11-26)30-20(2)17-22(21(30)3)18-28-23-12-15-29(16-13-23)19-24-7-5-6-14-27-24/h5-11,14,17,23,28H,4,12-13,15-16,18-19H2,1-3H3. The SMILES string of the molecule is CCOc1ccc(-n2c(C)cc(CNC3CCN(Cc4ccccn4)CC3)c2C)cc1. The zero-order valence-electron chi connectivity index (χ0n) is 19.0. The number of ether oxygens (including phenoxy) is 1. The first-order chi connectivity index (χ1) is 15.1. The molecular formula is C26H34N4O. The summed E-state index contributed by atoms with van der Waals surface area (Å²) in [7, 11) is 0. The van der Waals surface area contributed by atoms with Crippen LogP contribution in [0.5, 0.6) is 5.75 Å². The molecule has 0 saturated carbocycles. The normalized spacial score (nSPS) is 15.3. The van der Waals surface area contributed by atoms with Crippen LogP contribution >= 0.6 is 0 Å². The topological polar surface area (TPSA) is 42.3 Å². The summed E-state index contributed by atoms with van der Waals surface area (Å²) in [6, 6.07) is 17.4.